The van der Waals surface area contributed by atoms with Crippen LogP contribution in [0.25, 0.3) is 0 Å². The number of hydrogen-bond donors (Lipinski definition) is 0. The monoisotopic (exact) mass is 280 g/mol. The predicted octanol–water partition coefficient (Wildman–Crippen LogP) is 3.67. The van der Waals surface area contributed by atoms with Gasteiger partial charge in [0.05, 0.1) is 32.5 Å². The molecule has 0 saturated heterocycles. The maximum atomic E-state index is 5.64. The Kier molecular flexibility index (Phi) is 9.29. The Hall–Kier alpha value is -0.900. The van der Waals surface area contributed by atoms with Gasteiger partial charge >= 0.3 is 0 Å². The van der Waals surface area contributed by atoms with Crippen molar-refractivity contribution in [3.05, 3.63) is 35.9 Å². The van der Waals surface area contributed by atoms with Crippen LogP contribution in [0.3, 0.4) is 0 Å². The number of benzene rings is 1. The molecule has 0 aliphatic rings. The first-order valence-corrected chi connectivity index (χ1v) is 7.49. The van der Waals surface area contributed by atoms with E-state index in [0.29, 0.717) is 32.3 Å². The van der Waals surface area contributed by atoms with E-state index in [4.69, 9.17) is 14.2 Å². The van der Waals surface area contributed by atoms with Gasteiger partial charge in [0.1, 0.15) is 0 Å². The third-order valence-corrected chi connectivity index (χ3v) is 2.93. The molecule has 3 heteroatoms. The van der Waals surface area contributed by atoms with Crippen LogP contribution in [0.1, 0.15) is 32.8 Å². The molecule has 114 valence electrons. The average molecular weight is 280 g/mol. The smallest absolute Gasteiger partial charge is 0.0781 e. The summed E-state index contributed by atoms with van der Waals surface area (Å²) < 4.78 is 16.8. The van der Waals surface area contributed by atoms with Crippen molar-refractivity contribution < 1.29 is 14.2 Å². The Labute approximate surface area is 123 Å². The van der Waals surface area contributed by atoms with Crippen molar-refractivity contribution in [1.29, 1.82) is 0 Å². The summed E-state index contributed by atoms with van der Waals surface area (Å²) in [5.41, 5.74) is 1.19. The van der Waals surface area contributed by atoms with E-state index in [1.54, 1.807) is 0 Å². The van der Waals surface area contributed by atoms with Gasteiger partial charge in [-0.1, -0.05) is 44.2 Å². The van der Waals surface area contributed by atoms with E-state index < -0.39 is 0 Å². The fraction of sp³-hybridized carbons (Fsp3) is 0.647. The van der Waals surface area contributed by atoms with Gasteiger partial charge in [-0.05, 0) is 24.8 Å². The van der Waals surface area contributed by atoms with Crippen molar-refractivity contribution in [1.82, 2.24) is 0 Å². The van der Waals surface area contributed by atoms with E-state index in [0.717, 1.165) is 13.0 Å². The van der Waals surface area contributed by atoms with Gasteiger partial charge in [-0.2, -0.15) is 0 Å². The van der Waals surface area contributed by atoms with Gasteiger partial charge in [-0.3, -0.25) is 0 Å². The summed E-state index contributed by atoms with van der Waals surface area (Å²) in [6, 6.07) is 10.2. The molecule has 0 amide bonds. The Morgan fingerprint density at radius 3 is 2.35 bits per heavy atom. The summed E-state index contributed by atoms with van der Waals surface area (Å²) in [4.78, 5) is 0. The molecule has 1 unspecified atom stereocenters. The van der Waals surface area contributed by atoms with Crippen LogP contribution >= 0.6 is 0 Å². The molecule has 3 nitrogen and oxygen atoms in total. The van der Waals surface area contributed by atoms with Gasteiger partial charge in [0.25, 0.3) is 0 Å². The largest absolute Gasteiger partial charge is 0.379 e. The Bertz CT molecular complexity index is 324. The second-order valence-electron chi connectivity index (χ2n) is 5.48. The summed E-state index contributed by atoms with van der Waals surface area (Å²) >= 11 is 0. The molecule has 0 heterocycles. The lowest BCUT2D eigenvalue weighted by molar-refractivity contribution is -0.0333. The second kappa shape index (κ2) is 10.8. The number of ether oxygens (including phenoxy) is 3. The van der Waals surface area contributed by atoms with Crippen molar-refractivity contribution in [3.63, 3.8) is 0 Å². The Morgan fingerprint density at radius 1 is 0.900 bits per heavy atom. The maximum Gasteiger partial charge on any atom is 0.0781 e. The van der Waals surface area contributed by atoms with Crippen LogP contribution in [0, 0.1) is 5.92 Å². The highest BCUT2D eigenvalue weighted by atomic mass is 16.5. The molecule has 0 aromatic heterocycles. The first-order chi connectivity index (χ1) is 9.68. The fourth-order valence-electron chi connectivity index (χ4n) is 1.69. The molecule has 1 rings (SSSR count). The summed E-state index contributed by atoms with van der Waals surface area (Å²) in [6.45, 7) is 9.78. The van der Waals surface area contributed by atoms with Crippen molar-refractivity contribution in [3.8, 4) is 0 Å². The first-order valence-electron chi connectivity index (χ1n) is 7.49. The van der Waals surface area contributed by atoms with Crippen LogP contribution < -0.4 is 0 Å². The van der Waals surface area contributed by atoms with Crippen molar-refractivity contribution in [2.45, 2.75) is 39.9 Å². The third kappa shape index (κ3) is 9.08. The molecule has 0 bridgehead atoms. The zero-order valence-corrected chi connectivity index (χ0v) is 13.0. The van der Waals surface area contributed by atoms with Crippen molar-refractivity contribution in [2.24, 2.45) is 5.92 Å². The lowest BCUT2D eigenvalue weighted by Gasteiger charge is -2.14. The van der Waals surface area contributed by atoms with Gasteiger partial charge in [-0.15, -0.1) is 0 Å². The van der Waals surface area contributed by atoms with Gasteiger partial charge in [-0.25, -0.2) is 0 Å². The van der Waals surface area contributed by atoms with E-state index in [9.17, 15) is 0 Å². The summed E-state index contributed by atoms with van der Waals surface area (Å²) in [6.07, 6.45) is 1.23. The molecule has 0 spiro atoms. The standard InChI is InChI=1S/C17H28O3/c1-15(2)9-10-18-13-16(3)20-12-11-19-14-17-7-5-4-6-8-17/h4-8,15-16H,9-14H2,1-3H3. The fourth-order valence-corrected chi connectivity index (χ4v) is 1.69. The number of rotatable bonds is 11. The highest BCUT2D eigenvalue weighted by molar-refractivity contribution is 5.13. The lowest BCUT2D eigenvalue weighted by atomic mass is 10.1. The normalized spacial score (nSPS) is 12.8. The molecule has 0 aliphatic heterocycles. The van der Waals surface area contributed by atoms with Crippen LogP contribution in [-0.2, 0) is 20.8 Å². The molecule has 1 aromatic rings. The van der Waals surface area contributed by atoms with Gasteiger partial charge < -0.3 is 14.2 Å². The average Bonchev–Trinajstić information content (AvgIpc) is 2.44. The van der Waals surface area contributed by atoms with Crippen LogP contribution in [0.5, 0.6) is 0 Å². The molecular formula is C17H28O3. The minimum atomic E-state index is 0.127. The predicted molar refractivity (Wildman–Crippen MR) is 81.8 cm³/mol. The van der Waals surface area contributed by atoms with E-state index in [2.05, 4.69) is 26.0 Å². The van der Waals surface area contributed by atoms with E-state index in [-0.39, 0.29) is 6.10 Å². The zero-order chi connectivity index (χ0) is 14.6. The second-order valence-corrected chi connectivity index (χ2v) is 5.48. The Balaban J connectivity index is 1.93. The number of hydrogen-bond acceptors (Lipinski definition) is 3. The molecule has 1 atom stereocenters. The zero-order valence-electron chi connectivity index (χ0n) is 13.0. The highest BCUT2D eigenvalue weighted by Gasteiger charge is 2.03. The summed E-state index contributed by atoms with van der Waals surface area (Å²) in [5.74, 6) is 0.692. The van der Waals surface area contributed by atoms with Crippen LogP contribution in [-0.4, -0.2) is 32.5 Å². The van der Waals surface area contributed by atoms with E-state index in [1.807, 2.05) is 25.1 Å². The molecule has 1 aromatic carbocycles. The Morgan fingerprint density at radius 2 is 1.65 bits per heavy atom. The molecule has 0 radical (unpaired) electrons. The molecule has 0 saturated carbocycles. The van der Waals surface area contributed by atoms with Gasteiger partial charge in [0, 0.05) is 6.61 Å². The molecular weight excluding hydrogens is 252 g/mol. The quantitative estimate of drug-likeness (QED) is 0.579. The molecule has 0 aliphatic carbocycles. The van der Waals surface area contributed by atoms with Gasteiger partial charge in [0.15, 0.2) is 0 Å². The topological polar surface area (TPSA) is 27.7 Å². The minimum Gasteiger partial charge on any atom is -0.379 e. The van der Waals surface area contributed by atoms with Gasteiger partial charge in [0.2, 0.25) is 0 Å². The van der Waals surface area contributed by atoms with E-state index in [1.165, 1.54) is 5.56 Å². The summed E-state index contributed by atoms with van der Waals surface area (Å²) in [5, 5.41) is 0. The van der Waals surface area contributed by atoms with Crippen molar-refractivity contribution >= 4 is 0 Å². The molecule has 0 N–H and O–H groups in total. The summed E-state index contributed by atoms with van der Waals surface area (Å²) in [7, 11) is 0. The molecule has 20 heavy (non-hydrogen) atoms. The first kappa shape index (κ1) is 17.2. The van der Waals surface area contributed by atoms with Crippen LogP contribution in [0.4, 0.5) is 0 Å². The van der Waals surface area contributed by atoms with Crippen molar-refractivity contribution in [2.75, 3.05) is 26.4 Å². The third-order valence-electron chi connectivity index (χ3n) is 2.93. The SMILES string of the molecule is CC(C)CCOCC(C)OCCOCc1ccccc1. The van der Waals surface area contributed by atoms with Crippen LogP contribution in [0.15, 0.2) is 30.3 Å². The highest BCUT2D eigenvalue weighted by Crippen LogP contribution is 2.02. The maximum absolute atomic E-state index is 5.64. The molecule has 0 fully saturated rings. The minimum absolute atomic E-state index is 0.127. The van der Waals surface area contributed by atoms with E-state index >= 15 is 0 Å². The lowest BCUT2D eigenvalue weighted by Crippen LogP contribution is -2.19. The van der Waals surface area contributed by atoms with Crippen LogP contribution in [0.2, 0.25) is 0 Å².